The Labute approximate surface area is 124 Å². The van der Waals surface area contributed by atoms with Crippen molar-refractivity contribution < 1.29 is 13.5 Å². The van der Waals surface area contributed by atoms with Crippen molar-refractivity contribution in [2.45, 2.75) is 31.3 Å². The van der Waals surface area contributed by atoms with Crippen LogP contribution in [0.15, 0.2) is 35.5 Å². The van der Waals surface area contributed by atoms with Gasteiger partial charge in [0.2, 0.25) is 10.0 Å². The Morgan fingerprint density at radius 3 is 2.86 bits per heavy atom. The number of aliphatic hydroxyl groups is 1. The van der Waals surface area contributed by atoms with E-state index in [-0.39, 0.29) is 11.5 Å². The third-order valence-electron chi connectivity index (χ3n) is 3.24. The Kier molecular flexibility index (Phi) is 5.11. The summed E-state index contributed by atoms with van der Waals surface area (Å²) in [5, 5.41) is 9.20. The number of aliphatic hydroxyl groups excluding tert-OH is 1. The summed E-state index contributed by atoms with van der Waals surface area (Å²) in [6.45, 7) is 2.00. The predicted octanol–water partition coefficient (Wildman–Crippen LogP) is 1.12. The van der Waals surface area contributed by atoms with Gasteiger partial charge in [0, 0.05) is 25.4 Å². The normalized spacial score (nSPS) is 11.7. The van der Waals surface area contributed by atoms with Crippen molar-refractivity contribution in [3.05, 3.63) is 47.5 Å². The van der Waals surface area contributed by atoms with Crippen LogP contribution in [0, 0.1) is 6.92 Å². The molecule has 2 rings (SSSR count). The summed E-state index contributed by atoms with van der Waals surface area (Å²) in [7, 11) is -3.54. The van der Waals surface area contributed by atoms with Crippen molar-refractivity contribution in [1.29, 1.82) is 0 Å². The van der Waals surface area contributed by atoms with Crippen molar-refractivity contribution in [3.8, 4) is 0 Å². The highest BCUT2D eigenvalue weighted by Crippen LogP contribution is 2.15. The van der Waals surface area contributed by atoms with Crippen LogP contribution in [0.5, 0.6) is 0 Å². The molecule has 0 amide bonds. The summed E-state index contributed by atoms with van der Waals surface area (Å²) >= 11 is 0. The van der Waals surface area contributed by atoms with Gasteiger partial charge in [-0.15, -0.1) is 0 Å². The van der Waals surface area contributed by atoms with Crippen LogP contribution in [0.3, 0.4) is 0 Å². The van der Waals surface area contributed by atoms with Gasteiger partial charge in [0.25, 0.3) is 0 Å². The molecule has 6 nitrogen and oxygen atoms in total. The SMILES string of the molecule is Cc1ccc(S(=O)(=O)NCCCc2ncc[nH]2)cc1CO. The molecular formula is C14H19N3O3S. The molecule has 0 radical (unpaired) electrons. The van der Waals surface area contributed by atoms with Gasteiger partial charge >= 0.3 is 0 Å². The lowest BCUT2D eigenvalue weighted by Gasteiger charge is -2.09. The molecule has 114 valence electrons. The number of H-pyrrole nitrogens is 1. The standard InChI is InChI=1S/C14H19N3O3S/c1-11-4-5-13(9-12(11)10-18)21(19,20)17-6-2-3-14-15-7-8-16-14/h4-5,7-9,17-18H,2-3,6,10H2,1H3,(H,15,16). The fourth-order valence-electron chi connectivity index (χ4n) is 1.97. The smallest absolute Gasteiger partial charge is 0.240 e. The highest BCUT2D eigenvalue weighted by Gasteiger charge is 2.14. The van der Waals surface area contributed by atoms with Gasteiger partial charge in [0.15, 0.2) is 0 Å². The maximum absolute atomic E-state index is 12.2. The Hall–Kier alpha value is -1.70. The van der Waals surface area contributed by atoms with Crippen molar-refractivity contribution in [2.75, 3.05) is 6.54 Å². The van der Waals surface area contributed by atoms with Crippen LogP contribution in [0.25, 0.3) is 0 Å². The van der Waals surface area contributed by atoms with Crippen LogP contribution in [0.1, 0.15) is 23.4 Å². The number of imidazole rings is 1. The third-order valence-corrected chi connectivity index (χ3v) is 4.70. The first-order valence-corrected chi connectivity index (χ1v) is 8.19. The van der Waals surface area contributed by atoms with Crippen molar-refractivity contribution >= 4 is 10.0 Å². The van der Waals surface area contributed by atoms with Gasteiger partial charge in [0.05, 0.1) is 11.5 Å². The van der Waals surface area contributed by atoms with Crippen LogP contribution in [-0.4, -0.2) is 30.0 Å². The minimum atomic E-state index is -3.54. The number of nitrogens with one attached hydrogen (secondary N) is 2. The monoisotopic (exact) mass is 309 g/mol. The molecule has 0 aliphatic heterocycles. The maximum atomic E-state index is 12.2. The molecule has 1 aromatic carbocycles. The van der Waals surface area contributed by atoms with E-state index in [0.717, 1.165) is 11.4 Å². The molecule has 0 bridgehead atoms. The number of aromatic amines is 1. The zero-order chi connectivity index (χ0) is 15.3. The quantitative estimate of drug-likeness (QED) is 0.668. The first-order chi connectivity index (χ1) is 10.0. The van der Waals surface area contributed by atoms with Gasteiger partial charge in [0.1, 0.15) is 5.82 Å². The van der Waals surface area contributed by atoms with Gasteiger partial charge in [-0.05, 0) is 36.6 Å². The van der Waals surface area contributed by atoms with Gasteiger partial charge in [-0.2, -0.15) is 0 Å². The van der Waals surface area contributed by atoms with Gasteiger partial charge in [-0.1, -0.05) is 6.07 Å². The van der Waals surface area contributed by atoms with E-state index in [9.17, 15) is 13.5 Å². The fraction of sp³-hybridized carbons (Fsp3) is 0.357. The summed E-state index contributed by atoms with van der Waals surface area (Å²) in [6, 6.07) is 4.75. The molecule has 0 aliphatic rings. The van der Waals surface area contributed by atoms with Gasteiger partial charge < -0.3 is 10.1 Å². The number of rotatable bonds is 7. The van der Waals surface area contributed by atoms with Crippen LogP contribution >= 0.6 is 0 Å². The molecule has 2 aromatic rings. The number of hydrogen-bond acceptors (Lipinski definition) is 4. The lowest BCUT2D eigenvalue weighted by molar-refractivity contribution is 0.280. The second-order valence-corrected chi connectivity index (χ2v) is 6.55. The number of aromatic nitrogens is 2. The molecule has 0 fully saturated rings. The zero-order valence-electron chi connectivity index (χ0n) is 11.8. The second-order valence-electron chi connectivity index (χ2n) is 4.78. The fourth-order valence-corrected chi connectivity index (χ4v) is 3.09. The third kappa shape index (κ3) is 4.13. The molecule has 0 saturated carbocycles. The van der Waals surface area contributed by atoms with Gasteiger partial charge in [-0.3, -0.25) is 0 Å². The minimum absolute atomic E-state index is 0.173. The topological polar surface area (TPSA) is 95.1 Å². The average Bonchev–Trinajstić information content (AvgIpc) is 2.97. The Bertz CT molecular complexity index is 681. The average molecular weight is 309 g/mol. The summed E-state index contributed by atoms with van der Waals surface area (Å²) in [5.74, 6) is 0.840. The molecule has 0 unspecified atom stereocenters. The summed E-state index contributed by atoms with van der Waals surface area (Å²) in [5.41, 5.74) is 1.49. The van der Waals surface area contributed by atoms with E-state index < -0.39 is 10.0 Å². The molecule has 0 saturated heterocycles. The van der Waals surface area contributed by atoms with E-state index in [1.807, 2.05) is 6.92 Å². The number of hydrogen-bond donors (Lipinski definition) is 3. The minimum Gasteiger partial charge on any atom is -0.392 e. The van der Waals surface area contributed by atoms with Crippen LogP contribution < -0.4 is 4.72 Å². The highest BCUT2D eigenvalue weighted by atomic mass is 32.2. The van der Waals surface area contributed by atoms with E-state index in [1.54, 1.807) is 24.5 Å². The largest absolute Gasteiger partial charge is 0.392 e. The number of sulfonamides is 1. The van der Waals surface area contributed by atoms with Crippen molar-refractivity contribution in [2.24, 2.45) is 0 Å². The molecule has 0 spiro atoms. The van der Waals surface area contributed by atoms with E-state index in [0.29, 0.717) is 24.9 Å². The predicted molar refractivity (Wildman–Crippen MR) is 79.2 cm³/mol. The summed E-state index contributed by atoms with van der Waals surface area (Å²) in [4.78, 5) is 7.23. The number of benzene rings is 1. The van der Waals surface area contributed by atoms with E-state index in [4.69, 9.17) is 0 Å². The Balaban J connectivity index is 1.95. The molecule has 7 heteroatoms. The van der Waals surface area contributed by atoms with E-state index >= 15 is 0 Å². The maximum Gasteiger partial charge on any atom is 0.240 e. The Morgan fingerprint density at radius 2 is 2.19 bits per heavy atom. The van der Waals surface area contributed by atoms with Crippen LogP contribution in [0.4, 0.5) is 0 Å². The van der Waals surface area contributed by atoms with E-state index in [2.05, 4.69) is 14.7 Å². The second kappa shape index (κ2) is 6.84. The molecule has 3 N–H and O–H groups in total. The molecule has 0 atom stereocenters. The van der Waals surface area contributed by atoms with E-state index in [1.165, 1.54) is 6.07 Å². The molecule has 21 heavy (non-hydrogen) atoms. The van der Waals surface area contributed by atoms with Crippen LogP contribution in [0.2, 0.25) is 0 Å². The first-order valence-electron chi connectivity index (χ1n) is 6.71. The highest BCUT2D eigenvalue weighted by molar-refractivity contribution is 7.89. The number of nitrogens with zero attached hydrogens (tertiary/aromatic N) is 1. The lowest BCUT2D eigenvalue weighted by atomic mass is 10.1. The van der Waals surface area contributed by atoms with Crippen molar-refractivity contribution in [3.63, 3.8) is 0 Å². The molecule has 1 aromatic heterocycles. The number of aryl methyl sites for hydroxylation is 2. The molecular weight excluding hydrogens is 290 g/mol. The Morgan fingerprint density at radius 1 is 1.38 bits per heavy atom. The molecule has 1 heterocycles. The first kappa shape index (κ1) is 15.7. The molecule has 0 aliphatic carbocycles. The zero-order valence-corrected chi connectivity index (χ0v) is 12.7. The van der Waals surface area contributed by atoms with Gasteiger partial charge in [-0.25, -0.2) is 18.1 Å². The lowest BCUT2D eigenvalue weighted by Crippen LogP contribution is -2.25. The summed E-state index contributed by atoms with van der Waals surface area (Å²) in [6.07, 6.45) is 4.75. The van der Waals surface area contributed by atoms with Crippen LogP contribution in [-0.2, 0) is 23.1 Å². The summed E-state index contributed by atoms with van der Waals surface area (Å²) < 4.78 is 26.9. The van der Waals surface area contributed by atoms with Crippen molar-refractivity contribution in [1.82, 2.24) is 14.7 Å².